The van der Waals surface area contributed by atoms with Crippen molar-refractivity contribution in [2.24, 2.45) is 11.3 Å². The van der Waals surface area contributed by atoms with E-state index < -0.39 is 0 Å². The second-order valence-electron chi connectivity index (χ2n) is 8.32. The first kappa shape index (κ1) is 15.1. The molecule has 116 valence electrons. The van der Waals surface area contributed by atoms with Crippen LogP contribution in [0.2, 0.25) is 0 Å². The van der Waals surface area contributed by atoms with Crippen LogP contribution < -0.4 is 5.32 Å². The molecule has 0 aromatic heterocycles. The Morgan fingerprint density at radius 2 is 1.81 bits per heavy atom. The Bertz CT molecular complexity index is 497. The van der Waals surface area contributed by atoms with Crippen LogP contribution in [0, 0.1) is 18.3 Å². The molecule has 0 amide bonds. The zero-order chi connectivity index (χ0) is 15.0. The largest absolute Gasteiger partial charge is 0.307 e. The smallest absolute Gasteiger partial charge is 0.0328 e. The number of hydrogen-bond acceptors (Lipinski definition) is 1. The summed E-state index contributed by atoms with van der Waals surface area (Å²) in [6.45, 7) is 9.48. The Kier molecular flexibility index (Phi) is 4.14. The minimum absolute atomic E-state index is 0.423. The molecule has 1 aromatic rings. The third-order valence-corrected chi connectivity index (χ3v) is 5.67. The molecule has 0 bridgehead atoms. The van der Waals surface area contributed by atoms with Crippen molar-refractivity contribution in [3.63, 3.8) is 0 Å². The van der Waals surface area contributed by atoms with Crippen molar-refractivity contribution >= 4 is 0 Å². The maximum atomic E-state index is 4.06. The first-order chi connectivity index (χ1) is 9.95. The average Bonchev–Trinajstić information content (AvgIpc) is 2.81. The minimum Gasteiger partial charge on any atom is -0.307 e. The molecule has 2 aliphatic carbocycles. The Labute approximate surface area is 130 Å². The van der Waals surface area contributed by atoms with Crippen LogP contribution in [0.4, 0.5) is 0 Å². The van der Waals surface area contributed by atoms with Gasteiger partial charge in [-0.15, -0.1) is 0 Å². The molecule has 3 unspecified atom stereocenters. The molecule has 1 nitrogen and oxygen atoms in total. The number of rotatable bonds is 2. The third-order valence-electron chi connectivity index (χ3n) is 5.67. The molecular formula is C20H31N. The molecule has 2 aliphatic rings. The minimum atomic E-state index is 0.423. The zero-order valence-corrected chi connectivity index (χ0v) is 14.2. The molecule has 0 aliphatic heterocycles. The lowest BCUT2D eigenvalue weighted by Gasteiger charge is -2.42. The molecule has 21 heavy (non-hydrogen) atoms. The van der Waals surface area contributed by atoms with E-state index in [2.05, 4.69) is 51.2 Å². The molecule has 0 spiro atoms. The fourth-order valence-electron chi connectivity index (χ4n) is 4.52. The Morgan fingerprint density at radius 3 is 2.57 bits per heavy atom. The molecule has 1 N–H and O–H groups in total. The lowest BCUT2D eigenvalue weighted by molar-refractivity contribution is 0.123. The van der Waals surface area contributed by atoms with Crippen molar-refractivity contribution in [1.82, 2.24) is 5.32 Å². The van der Waals surface area contributed by atoms with Gasteiger partial charge in [0.1, 0.15) is 0 Å². The van der Waals surface area contributed by atoms with E-state index in [1.807, 2.05) is 0 Å². The normalized spacial score (nSPS) is 29.4. The van der Waals surface area contributed by atoms with Crippen LogP contribution >= 0.6 is 0 Å². The van der Waals surface area contributed by atoms with E-state index in [-0.39, 0.29) is 0 Å². The van der Waals surface area contributed by atoms with E-state index in [1.165, 1.54) is 44.1 Å². The average molecular weight is 285 g/mol. The van der Waals surface area contributed by atoms with Gasteiger partial charge in [0.2, 0.25) is 0 Å². The SMILES string of the molecule is Cc1ccc2c(c1)C(NC1CCCCC1C(C)(C)C)CC2. The highest BCUT2D eigenvalue weighted by molar-refractivity contribution is 5.37. The van der Waals surface area contributed by atoms with Crippen LogP contribution in [-0.4, -0.2) is 6.04 Å². The fraction of sp³-hybridized carbons (Fsp3) is 0.700. The van der Waals surface area contributed by atoms with Gasteiger partial charge < -0.3 is 5.32 Å². The second kappa shape index (κ2) is 5.76. The van der Waals surface area contributed by atoms with Crippen LogP contribution in [0.3, 0.4) is 0 Å². The van der Waals surface area contributed by atoms with Gasteiger partial charge in [0, 0.05) is 12.1 Å². The number of aryl methyl sites for hydroxylation is 2. The monoisotopic (exact) mass is 285 g/mol. The van der Waals surface area contributed by atoms with Crippen molar-refractivity contribution in [1.29, 1.82) is 0 Å². The zero-order valence-electron chi connectivity index (χ0n) is 14.2. The summed E-state index contributed by atoms with van der Waals surface area (Å²) in [4.78, 5) is 0. The quantitative estimate of drug-likeness (QED) is 0.789. The summed E-state index contributed by atoms with van der Waals surface area (Å²) in [5.74, 6) is 0.820. The van der Waals surface area contributed by atoms with E-state index >= 15 is 0 Å². The number of benzene rings is 1. The van der Waals surface area contributed by atoms with Crippen LogP contribution in [0.15, 0.2) is 18.2 Å². The van der Waals surface area contributed by atoms with Crippen LogP contribution in [0.1, 0.15) is 75.6 Å². The lowest BCUT2D eigenvalue weighted by Crippen LogP contribution is -2.45. The van der Waals surface area contributed by atoms with E-state index in [0.717, 1.165) is 5.92 Å². The lowest BCUT2D eigenvalue weighted by atomic mass is 9.69. The molecule has 1 saturated carbocycles. The first-order valence-corrected chi connectivity index (χ1v) is 8.80. The highest BCUT2D eigenvalue weighted by Gasteiger charge is 2.36. The molecular weight excluding hydrogens is 254 g/mol. The number of fused-ring (bicyclic) bond motifs is 1. The summed E-state index contributed by atoms with van der Waals surface area (Å²) >= 11 is 0. The summed E-state index contributed by atoms with van der Waals surface area (Å²) in [6.07, 6.45) is 8.11. The van der Waals surface area contributed by atoms with Crippen molar-refractivity contribution in [3.8, 4) is 0 Å². The Hall–Kier alpha value is -0.820. The summed E-state index contributed by atoms with van der Waals surface area (Å²) in [5, 5.41) is 4.06. The third kappa shape index (κ3) is 3.18. The molecule has 0 radical (unpaired) electrons. The van der Waals surface area contributed by atoms with Gasteiger partial charge in [0.05, 0.1) is 0 Å². The summed E-state index contributed by atoms with van der Waals surface area (Å²) < 4.78 is 0. The number of nitrogens with one attached hydrogen (secondary N) is 1. The van der Waals surface area contributed by atoms with Gasteiger partial charge in [-0.25, -0.2) is 0 Å². The van der Waals surface area contributed by atoms with Crippen LogP contribution in [-0.2, 0) is 6.42 Å². The molecule has 1 fully saturated rings. The summed E-state index contributed by atoms with van der Waals surface area (Å²) in [6, 6.07) is 8.31. The predicted octanol–water partition coefficient (Wildman–Crippen LogP) is 5.18. The predicted molar refractivity (Wildman–Crippen MR) is 90.6 cm³/mol. The van der Waals surface area contributed by atoms with Crippen molar-refractivity contribution < 1.29 is 0 Å². The molecule has 1 aromatic carbocycles. The van der Waals surface area contributed by atoms with E-state index in [4.69, 9.17) is 0 Å². The van der Waals surface area contributed by atoms with Gasteiger partial charge in [-0.3, -0.25) is 0 Å². The molecule has 0 saturated heterocycles. The van der Waals surface area contributed by atoms with Gasteiger partial charge in [-0.1, -0.05) is 57.4 Å². The van der Waals surface area contributed by atoms with Gasteiger partial charge in [-0.05, 0) is 55.1 Å². The van der Waals surface area contributed by atoms with Crippen molar-refractivity contribution in [2.45, 2.75) is 78.3 Å². The van der Waals surface area contributed by atoms with Gasteiger partial charge >= 0.3 is 0 Å². The van der Waals surface area contributed by atoms with E-state index in [0.29, 0.717) is 17.5 Å². The first-order valence-electron chi connectivity index (χ1n) is 8.80. The highest BCUT2D eigenvalue weighted by atomic mass is 15.0. The molecule has 1 heteroatoms. The van der Waals surface area contributed by atoms with Crippen molar-refractivity contribution in [3.05, 3.63) is 34.9 Å². The van der Waals surface area contributed by atoms with E-state index in [1.54, 1.807) is 11.1 Å². The number of hydrogen-bond donors (Lipinski definition) is 1. The van der Waals surface area contributed by atoms with Gasteiger partial charge in [-0.2, -0.15) is 0 Å². The standard InChI is InChI=1S/C20H31N/c1-14-9-10-15-11-12-18(16(15)13-14)21-19-8-6-5-7-17(19)20(2,3)4/h9-10,13,17-19,21H,5-8,11-12H2,1-4H3. The van der Waals surface area contributed by atoms with Crippen LogP contribution in [0.5, 0.6) is 0 Å². The second-order valence-corrected chi connectivity index (χ2v) is 8.32. The fourth-order valence-corrected chi connectivity index (χ4v) is 4.52. The molecule has 0 heterocycles. The Balaban J connectivity index is 1.76. The summed E-state index contributed by atoms with van der Waals surface area (Å²) in [7, 11) is 0. The maximum absolute atomic E-state index is 4.06. The molecule has 3 atom stereocenters. The van der Waals surface area contributed by atoms with Crippen LogP contribution in [0.25, 0.3) is 0 Å². The summed E-state index contributed by atoms with van der Waals surface area (Å²) in [5.41, 5.74) is 4.97. The maximum Gasteiger partial charge on any atom is 0.0328 e. The van der Waals surface area contributed by atoms with E-state index in [9.17, 15) is 0 Å². The van der Waals surface area contributed by atoms with Gasteiger partial charge in [0.25, 0.3) is 0 Å². The Morgan fingerprint density at radius 1 is 1.05 bits per heavy atom. The molecule has 3 rings (SSSR count). The van der Waals surface area contributed by atoms with Crippen molar-refractivity contribution in [2.75, 3.05) is 0 Å². The highest BCUT2D eigenvalue weighted by Crippen LogP contribution is 2.40. The topological polar surface area (TPSA) is 12.0 Å². The van der Waals surface area contributed by atoms with Gasteiger partial charge in [0.15, 0.2) is 0 Å².